The molecule has 1 aliphatic rings. The number of nitrogens with one attached hydrogen (secondary N) is 1. The lowest BCUT2D eigenvalue weighted by Crippen LogP contribution is -2.36. The van der Waals surface area contributed by atoms with Crippen LogP contribution in [0.5, 0.6) is 0 Å². The van der Waals surface area contributed by atoms with Gasteiger partial charge in [-0.25, -0.2) is 4.98 Å². The van der Waals surface area contributed by atoms with E-state index in [-0.39, 0.29) is 5.91 Å². The Kier molecular flexibility index (Phi) is 4.79. The highest BCUT2D eigenvalue weighted by Crippen LogP contribution is 2.29. The van der Waals surface area contributed by atoms with Crippen LogP contribution in [0.4, 0.5) is 0 Å². The lowest BCUT2D eigenvalue weighted by molar-refractivity contribution is 0.0931. The average molecular weight is 335 g/mol. The third-order valence-corrected chi connectivity index (χ3v) is 5.49. The van der Waals surface area contributed by atoms with Crippen LogP contribution in [0.2, 0.25) is 5.02 Å². The predicted molar refractivity (Wildman–Crippen MR) is 91.6 cm³/mol. The SMILES string of the molecule is Cc1nc(-c2ccc(Cl)cc2)sc1C(=O)NC1CCCCC1. The fourth-order valence-electron chi connectivity index (χ4n) is 2.82. The molecule has 5 heteroatoms. The first-order valence-electron chi connectivity index (χ1n) is 7.68. The van der Waals surface area contributed by atoms with Crippen LogP contribution in [0.25, 0.3) is 10.6 Å². The molecule has 1 aromatic carbocycles. The van der Waals surface area contributed by atoms with Crippen molar-refractivity contribution in [2.24, 2.45) is 0 Å². The Bertz CT molecular complexity index is 660. The Morgan fingerprint density at radius 1 is 1.23 bits per heavy atom. The Morgan fingerprint density at radius 3 is 2.59 bits per heavy atom. The summed E-state index contributed by atoms with van der Waals surface area (Å²) in [7, 11) is 0. The summed E-state index contributed by atoms with van der Waals surface area (Å²) in [4.78, 5) is 17.7. The van der Waals surface area contributed by atoms with Gasteiger partial charge in [0.05, 0.1) is 5.69 Å². The number of amides is 1. The lowest BCUT2D eigenvalue weighted by atomic mass is 9.95. The van der Waals surface area contributed by atoms with E-state index in [1.165, 1.54) is 30.6 Å². The van der Waals surface area contributed by atoms with Gasteiger partial charge in [-0.2, -0.15) is 0 Å². The fourth-order valence-corrected chi connectivity index (χ4v) is 3.92. The molecular formula is C17H19ClN2OS. The second-order valence-electron chi connectivity index (χ2n) is 5.75. The summed E-state index contributed by atoms with van der Waals surface area (Å²) < 4.78 is 0. The molecule has 1 aliphatic carbocycles. The highest BCUT2D eigenvalue weighted by atomic mass is 35.5. The number of hydrogen-bond donors (Lipinski definition) is 1. The van der Waals surface area contributed by atoms with Gasteiger partial charge in [0.1, 0.15) is 9.88 Å². The number of hydrogen-bond acceptors (Lipinski definition) is 3. The maximum atomic E-state index is 12.5. The highest BCUT2D eigenvalue weighted by Gasteiger charge is 2.20. The average Bonchev–Trinajstić information content (AvgIpc) is 2.91. The van der Waals surface area contributed by atoms with E-state index in [1.54, 1.807) is 0 Å². The minimum absolute atomic E-state index is 0.0158. The Balaban J connectivity index is 1.76. The number of rotatable bonds is 3. The molecule has 0 aliphatic heterocycles. The minimum atomic E-state index is 0.0158. The van der Waals surface area contributed by atoms with Gasteiger partial charge < -0.3 is 5.32 Å². The molecule has 0 spiro atoms. The zero-order valence-electron chi connectivity index (χ0n) is 12.6. The van der Waals surface area contributed by atoms with Crippen LogP contribution in [0.3, 0.4) is 0 Å². The molecule has 1 amide bonds. The predicted octanol–water partition coefficient (Wildman–Crippen LogP) is 4.83. The molecule has 1 aromatic heterocycles. The van der Waals surface area contributed by atoms with Gasteiger partial charge in [0.15, 0.2) is 0 Å². The summed E-state index contributed by atoms with van der Waals surface area (Å²) in [6.45, 7) is 1.89. The third kappa shape index (κ3) is 3.50. The first-order valence-corrected chi connectivity index (χ1v) is 8.87. The molecule has 1 saturated carbocycles. The molecule has 1 fully saturated rings. The van der Waals surface area contributed by atoms with Gasteiger partial charge in [-0.15, -0.1) is 11.3 Å². The summed E-state index contributed by atoms with van der Waals surface area (Å²) >= 11 is 7.36. The van der Waals surface area contributed by atoms with Crippen molar-refractivity contribution in [3.05, 3.63) is 39.9 Å². The molecule has 0 bridgehead atoms. The van der Waals surface area contributed by atoms with Crippen molar-refractivity contribution in [3.63, 3.8) is 0 Å². The van der Waals surface area contributed by atoms with Crippen molar-refractivity contribution in [3.8, 4) is 10.6 Å². The molecule has 0 unspecified atom stereocenters. The lowest BCUT2D eigenvalue weighted by Gasteiger charge is -2.22. The zero-order chi connectivity index (χ0) is 15.5. The molecule has 1 heterocycles. The third-order valence-electron chi connectivity index (χ3n) is 4.03. The molecule has 1 N–H and O–H groups in total. The quantitative estimate of drug-likeness (QED) is 0.873. The molecular weight excluding hydrogens is 316 g/mol. The van der Waals surface area contributed by atoms with Crippen LogP contribution >= 0.6 is 22.9 Å². The Morgan fingerprint density at radius 2 is 1.91 bits per heavy atom. The van der Waals surface area contributed by atoms with E-state index in [2.05, 4.69) is 10.3 Å². The van der Waals surface area contributed by atoms with Crippen molar-refractivity contribution in [2.75, 3.05) is 0 Å². The van der Waals surface area contributed by atoms with Gasteiger partial charge in [-0.3, -0.25) is 4.79 Å². The second-order valence-corrected chi connectivity index (χ2v) is 7.18. The van der Waals surface area contributed by atoms with Crippen LogP contribution in [0.15, 0.2) is 24.3 Å². The Hall–Kier alpha value is -1.39. The smallest absolute Gasteiger partial charge is 0.263 e. The molecule has 0 atom stereocenters. The normalized spacial score (nSPS) is 15.7. The molecule has 3 nitrogen and oxygen atoms in total. The number of halogens is 1. The number of thiazole rings is 1. The summed E-state index contributed by atoms with van der Waals surface area (Å²) in [6.07, 6.45) is 5.89. The van der Waals surface area contributed by atoms with Gasteiger partial charge in [-0.05, 0) is 31.9 Å². The topological polar surface area (TPSA) is 42.0 Å². The number of carbonyl (C=O) groups excluding carboxylic acids is 1. The molecule has 22 heavy (non-hydrogen) atoms. The van der Waals surface area contributed by atoms with Crippen LogP contribution in [-0.2, 0) is 0 Å². The van der Waals surface area contributed by atoms with E-state index in [1.807, 2.05) is 31.2 Å². The molecule has 3 rings (SSSR count). The summed E-state index contributed by atoms with van der Waals surface area (Å²) in [5.41, 5.74) is 1.79. The largest absolute Gasteiger partial charge is 0.349 e. The summed E-state index contributed by atoms with van der Waals surface area (Å²) in [5, 5.41) is 4.73. The van der Waals surface area contributed by atoms with Crippen LogP contribution in [-0.4, -0.2) is 16.9 Å². The second kappa shape index (κ2) is 6.80. The van der Waals surface area contributed by atoms with E-state index in [4.69, 9.17) is 11.6 Å². The van der Waals surface area contributed by atoms with Crippen LogP contribution in [0.1, 0.15) is 47.5 Å². The van der Waals surface area contributed by atoms with E-state index in [9.17, 15) is 4.79 Å². The summed E-state index contributed by atoms with van der Waals surface area (Å²) in [6, 6.07) is 7.87. The maximum Gasteiger partial charge on any atom is 0.263 e. The van der Waals surface area contributed by atoms with Gasteiger partial charge in [0, 0.05) is 16.6 Å². The van der Waals surface area contributed by atoms with E-state index in [0.29, 0.717) is 11.1 Å². The van der Waals surface area contributed by atoms with Gasteiger partial charge >= 0.3 is 0 Å². The van der Waals surface area contributed by atoms with Gasteiger partial charge in [-0.1, -0.05) is 43.0 Å². The van der Waals surface area contributed by atoms with Crippen LogP contribution < -0.4 is 5.32 Å². The standard InChI is InChI=1S/C17H19ClN2OS/c1-11-15(16(21)20-14-5-3-2-4-6-14)22-17(19-11)12-7-9-13(18)10-8-12/h7-10,14H,2-6H2,1H3,(H,20,21). The number of aryl methyl sites for hydroxylation is 1. The van der Waals surface area contributed by atoms with E-state index >= 15 is 0 Å². The van der Waals surface area contributed by atoms with Crippen molar-refractivity contribution in [1.29, 1.82) is 0 Å². The highest BCUT2D eigenvalue weighted by molar-refractivity contribution is 7.17. The monoisotopic (exact) mass is 334 g/mol. The maximum absolute atomic E-state index is 12.5. The molecule has 2 aromatic rings. The van der Waals surface area contributed by atoms with Gasteiger partial charge in [0.2, 0.25) is 0 Å². The number of aromatic nitrogens is 1. The van der Waals surface area contributed by atoms with E-state index < -0.39 is 0 Å². The van der Waals surface area contributed by atoms with E-state index in [0.717, 1.165) is 34.0 Å². The number of benzene rings is 1. The molecule has 0 saturated heterocycles. The first-order chi connectivity index (χ1) is 10.6. The number of nitrogens with zero attached hydrogens (tertiary/aromatic N) is 1. The minimum Gasteiger partial charge on any atom is -0.349 e. The zero-order valence-corrected chi connectivity index (χ0v) is 14.1. The fraction of sp³-hybridized carbons (Fsp3) is 0.412. The molecule has 0 radical (unpaired) electrons. The van der Waals surface area contributed by atoms with Crippen molar-refractivity contribution in [2.45, 2.75) is 45.1 Å². The van der Waals surface area contributed by atoms with Crippen molar-refractivity contribution >= 4 is 28.8 Å². The first kappa shape index (κ1) is 15.5. The van der Waals surface area contributed by atoms with Crippen LogP contribution in [0, 0.1) is 6.92 Å². The summed E-state index contributed by atoms with van der Waals surface area (Å²) in [5.74, 6) is 0.0158. The van der Waals surface area contributed by atoms with Crippen molar-refractivity contribution < 1.29 is 4.79 Å². The Labute approximate surface area is 139 Å². The van der Waals surface area contributed by atoms with Gasteiger partial charge in [0.25, 0.3) is 5.91 Å². The number of carbonyl (C=O) groups is 1. The van der Waals surface area contributed by atoms with Crippen molar-refractivity contribution in [1.82, 2.24) is 10.3 Å². The molecule has 116 valence electrons.